The average molecular weight is 263 g/mol. The van der Waals surface area contributed by atoms with Crippen molar-refractivity contribution in [1.29, 1.82) is 0 Å². The molecule has 1 aromatic heterocycles. The molecule has 17 heavy (non-hydrogen) atoms. The van der Waals surface area contributed by atoms with Crippen LogP contribution in [0.1, 0.15) is 6.92 Å². The van der Waals surface area contributed by atoms with Crippen LogP contribution >= 0.6 is 0 Å². The Balaban J connectivity index is 2.91. The molecule has 0 aromatic carbocycles. The molecule has 1 atom stereocenters. The zero-order chi connectivity index (χ0) is 13.1. The maximum absolute atomic E-state index is 11.7. The van der Waals surface area contributed by atoms with Crippen molar-refractivity contribution >= 4 is 16.0 Å². The molecule has 8 nitrogen and oxygen atoms in total. The Morgan fingerprint density at radius 1 is 1.65 bits per heavy atom. The second-order valence-electron chi connectivity index (χ2n) is 3.24. The SMILES string of the molecule is CCn1cnc(S(=O)(=O)N[C@H](CO)C(=O)O)c1. The molecule has 0 aliphatic heterocycles. The maximum Gasteiger partial charge on any atom is 0.324 e. The molecule has 1 aromatic rings. The number of aromatic nitrogens is 2. The van der Waals surface area contributed by atoms with Crippen molar-refractivity contribution in [3.05, 3.63) is 12.5 Å². The van der Waals surface area contributed by atoms with E-state index in [0.717, 1.165) is 0 Å². The fraction of sp³-hybridized carbons (Fsp3) is 0.500. The van der Waals surface area contributed by atoms with E-state index in [4.69, 9.17) is 10.2 Å². The van der Waals surface area contributed by atoms with E-state index in [9.17, 15) is 13.2 Å². The Morgan fingerprint density at radius 3 is 2.71 bits per heavy atom. The third kappa shape index (κ3) is 3.25. The molecule has 0 amide bonds. The molecule has 0 radical (unpaired) electrons. The van der Waals surface area contributed by atoms with Gasteiger partial charge in [-0.3, -0.25) is 4.79 Å². The Hall–Kier alpha value is -1.45. The van der Waals surface area contributed by atoms with Crippen molar-refractivity contribution < 1.29 is 23.4 Å². The highest BCUT2D eigenvalue weighted by Crippen LogP contribution is 2.06. The Labute approximate surface area is 98.0 Å². The normalized spacial score (nSPS) is 13.5. The van der Waals surface area contributed by atoms with Gasteiger partial charge in [0.15, 0.2) is 5.03 Å². The van der Waals surface area contributed by atoms with Crippen molar-refractivity contribution in [2.45, 2.75) is 24.5 Å². The fourth-order valence-electron chi connectivity index (χ4n) is 1.06. The van der Waals surface area contributed by atoms with Gasteiger partial charge < -0.3 is 14.8 Å². The zero-order valence-corrected chi connectivity index (χ0v) is 9.88. The summed E-state index contributed by atoms with van der Waals surface area (Å²) in [6.07, 6.45) is 2.60. The standard InChI is InChI=1S/C8H13N3O5S/c1-2-11-3-7(9-5-11)17(15,16)10-6(4-12)8(13)14/h3,5-6,10,12H,2,4H2,1H3,(H,13,14)/t6-/m1/s1. The van der Waals surface area contributed by atoms with Crippen LogP contribution in [0.25, 0.3) is 0 Å². The van der Waals surface area contributed by atoms with Gasteiger partial charge in [-0.1, -0.05) is 0 Å². The summed E-state index contributed by atoms with van der Waals surface area (Å²) in [6, 6.07) is -1.58. The first-order chi connectivity index (χ1) is 7.90. The first-order valence-electron chi connectivity index (χ1n) is 4.78. The predicted molar refractivity (Wildman–Crippen MR) is 56.7 cm³/mol. The Morgan fingerprint density at radius 2 is 2.29 bits per heavy atom. The number of nitrogens with one attached hydrogen (secondary N) is 1. The lowest BCUT2D eigenvalue weighted by Gasteiger charge is -2.10. The van der Waals surface area contributed by atoms with E-state index in [1.165, 1.54) is 17.1 Å². The summed E-state index contributed by atoms with van der Waals surface area (Å²) in [5.74, 6) is -1.45. The molecular formula is C8H13N3O5S. The highest BCUT2D eigenvalue weighted by atomic mass is 32.2. The van der Waals surface area contributed by atoms with Gasteiger partial charge in [0.25, 0.3) is 10.0 Å². The van der Waals surface area contributed by atoms with E-state index < -0.39 is 28.6 Å². The van der Waals surface area contributed by atoms with Gasteiger partial charge in [-0.2, -0.15) is 4.72 Å². The first-order valence-corrected chi connectivity index (χ1v) is 6.26. The van der Waals surface area contributed by atoms with Crippen molar-refractivity contribution in [2.24, 2.45) is 0 Å². The van der Waals surface area contributed by atoms with Gasteiger partial charge in [-0.25, -0.2) is 13.4 Å². The number of aryl methyl sites for hydroxylation is 1. The molecule has 96 valence electrons. The van der Waals surface area contributed by atoms with Crippen LogP contribution in [0.2, 0.25) is 0 Å². The molecule has 0 aliphatic carbocycles. The molecule has 9 heteroatoms. The summed E-state index contributed by atoms with van der Waals surface area (Å²) >= 11 is 0. The summed E-state index contributed by atoms with van der Waals surface area (Å²) in [6.45, 7) is 1.52. The summed E-state index contributed by atoms with van der Waals surface area (Å²) in [5, 5.41) is 17.1. The summed E-state index contributed by atoms with van der Waals surface area (Å²) < 4.78 is 26.7. The fourth-order valence-corrected chi connectivity index (χ4v) is 2.20. The summed E-state index contributed by atoms with van der Waals surface area (Å²) in [5.41, 5.74) is 0. The lowest BCUT2D eigenvalue weighted by Crippen LogP contribution is -2.43. The number of aliphatic hydroxyl groups excluding tert-OH is 1. The molecule has 0 spiro atoms. The lowest BCUT2D eigenvalue weighted by atomic mass is 10.3. The minimum absolute atomic E-state index is 0.279. The third-order valence-electron chi connectivity index (χ3n) is 2.03. The number of hydrogen-bond acceptors (Lipinski definition) is 5. The zero-order valence-electron chi connectivity index (χ0n) is 9.07. The largest absolute Gasteiger partial charge is 0.480 e. The number of aliphatic carboxylic acids is 1. The number of carboxylic acid groups (broad SMARTS) is 1. The van der Waals surface area contributed by atoms with Gasteiger partial charge in [0.05, 0.1) is 12.9 Å². The Bertz CT molecular complexity index is 495. The van der Waals surface area contributed by atoms with Gasteiger partial charge in [-0.05, 0) is 6.92 Å². The quantitative estimate of drug-likeness (QED) is 0.582. The van der Waals surface area contributed by atoms with Gasteiger partial charge in [0, 0.05) is 12.7 Å². The molecule has 0 aliphatic rings. The van der Waals surface area contributed by atoms with Gasteiger partial charge in [-0.15, -0.1) is 0 Å². The van der Waals surface area contributed by atoms with E-state index in [1.807, 2.05) is 4.72 Å². The van der Waals surface area contributed by atoms with E-state index >= 15 is 0 Å². The van der Waals surface area contributed by atoms with E-state index in [-0.39, 0.29) is 5.03 Å². The number of carbonyl (C=O) groups is 1. The minimum atomic E-state index is -4.03. The summed E-state index contributed by atoms with van der Waals surface area (Å²) in [4.78, 5) is 14.2. The van der Waals surface area contributed by atoms with Gasteiger partial charge in [0.2, 0.25) is 0 Å². The number of aliphatic hydroxyl groups is 1. The van der Waals surface area contributed by atoms with Crippen molar-refractivity contribution in [2.75, 3.05) is 6.61 Å². The smallest absolute Gasteiger partial charge is 0.324 e. The number of carboxylic acids is 1. The van der Waals surface area contributed by atoms with E-state index in [2.05, 4.69) is 4.98 Å². The van der Waals surface area contributed by atoms with Gasteiger partial charge in [0.1, 0.15) is 6.04 Å². The second kappa shape index (κ2) is 5.25. The lowest BCUT2D eigenvalue weighted by molar-refractivity contribution is -0.139. The van der Waals surface area contributed by atoms with Crippen LogP contribution in [0.3, 0.4) is 0 Å². The molecule has 1 heterocycles. The highest BCUT2D eigenvalue weighted by Gasteiger charge is 2.26. The molecule has 0 bridgehead atoms. The van der Waals surface area contributed by atoms with Crippen LogP contribution in [0.15, 0.2) is 17.6 Å². The molecule has 0 saturated heterocycles. The van der Waals surface area contributed by atoms with Crippen molar-refractivity contribution in [3.8, 4) is 0 Å². The van der Waals surface area contributed by atoms with Crippen molar-refractivity contribution in [3.63, 3.8) is 0 Å². The Kier molecular flexibility index (Phi) is 4.21. The number of imidazole rings is 1. The molecular weight excluding hydrogens is 250 g/mol. The average Bonchev–Trinajstić information content (AvgIpc) is 2.74. The van der Waals surface area contributed by atoms with Crippen LogP contribution < -0.4 is 4.72 Å². The maximum atomic E-state index is 11.7. The second-order valence-corrected chi connectivity index (χ2v) is 4.90. The van der Waals surface area contributed by atoms with Crippen molar-refractivity contribution in [1.82, 2.24) is 14.3 Å². The molecule has 0 saturated carbocycles. The number of hydrogen-bond donors (Lipinski definition) is 3. The number of sulfonamides is 1. The summed E-state index contributed by atoms with van der Waals surface area (Å²) in [7, 11) is -4.03. The third-order valence-corrected chi connectivity index (χ3v) is 3.38. The van der Waals surface area contributed by atoms with Gasteiger partial charge >= 0.3 is 5.97 Å². The molecule has 3 N–H and O–H groups in total. The molecule has 0 fully saturated rings. The van der Waals surface area contributed by atoms with Crippen LogP contribution in [0.4, 0.5) is 0 Å². The number of rotatable bonds is 6. The highest BCUT2D eigenvalue weighted by molar-refractivity contribution is 7.89. The topological polar surface area (TPSA) is 122 Å². The van der Waals surface area contributed by atoms with Crippen LogP contribution in [0, 0.1) is 0 Å². The minimum Gasteiger partial charge on any atom is -0.480 e. The number of nitrogens with zero attached hydrogens (tertiary/aromatic N) is 2. The first kappa shape index (κ1) is 13.6. The van der Waals surface area contributed by atoms with E-state index in [0.29, 0.717) is 6.54 Å². The van der Waals surface area contributed by atoms with Crippen LogP contribution in [-0.2, 0) is 21.4 Å². The predicted octanol–water partition coefficient (Wildman–Crippen LogP) is -1.37. The van der Waals surface area contributed by atoms with Crippen LogP contribution in [0.5, 0.6) is 0 Å². The van der Waals surface area contributed by atoms with Crippen LogP contribution in [-0.4, -0.2) is 46.8 Å². The monoisotopic (exact) mass is 263 g/mol. The molecule has 0 unspecified atom stereocenters. The van der Waals surface area contributed by atoms with E-state index in [1.54, 1.807) is 6.92 Å². The molecule has 1 rings (SSSR count).